The molecular formula is C19H22N2O3S. The second kappa shape index (κ2) is 11.1. The van der Waals surface area contributed by atoms with Crippen LogP contribution in [0.4, 0.5) is 5.69 Å². The second-order valence-electron chi connectivity index (χ2n) is 5.50. The Bertz CT molecular complexity index is 689. The number of nitrogens with zero attached hydrogens (tertiary/aromatic N) is 1. The summed E-state index contributed by atoms with van der Waals surface area (Å²) in [6, 6.07) is 11.5. The van der Waals surface area contributed by atoms with Gasteiger partial charge in [0.1, 0.15) is 5.75 Å². The van der Waals surface area contributed by atoms with Gasteiger partial charge in [0.2, 0.25) is 5.91 Å². The number of aromatic nitrogens is 1. The van der Waals surface area contributed by atoms with E-state index in [0.717, 1.165) is 42.7 Å². The van der Waals surface area contributed by atoms with Crippen LogP contribution in [0.2, 0.25) is 0 Å². The average Bonchev–Trinajstić information content (AvgIpc) is 2.66. The number of carbonyl (C=O) groups excluding carboxylic acids is 1. The maximum Gasteiger partial charge on any atom is 0.224 e. The van der Waals surface area contributed by atoms with Crippen LogP contribution in [0, 0.1) is 0 Å². The lowest BCUT2D eigenvalue weighted by Gasteiger charge is -2.17. The predicted molar refractivity (Wildman–Crippen MR) is 101 cm³/mol. The second-order valence-corrected chi connectivity index (χ2v) is 6.02. The highest BCUT2D eigenvalue weighted by Gasteiger charge is 2.14. The van der Waals surface area contributed by atoms with E-state index in [-0.39, 0.29) is 5.91 Å². The molecule has 1 aliphatic rings. The Morgan fingerprint density at radius 1 is 1.16 bits per heavy atom. The van der Waals surface area contributed by atoms with Crippen molar-refractivity contribution in [2.75, 3.05) is 11.9 Å². The van der Waals surface area contributed by atoms with Crippen LogP contribution in [-0.4, -0.2) is 27.1 Å². The van der Waals surface area contributed by atoms with E-state index in [1.54, 1.807) is 17.8 Å². The van der Waals surface area contributed by atoms with Gasteiger partial charge in [0, 0.05) is 29.9 Å². The minimum atomic E-state index is 0.0775. The summed E-state index contributed by atoms with van der Waals surface area (Å²) in [4.78, 5) is 15.0. The molecule has 0 saturated heterocycles. The molecule has 25 heavy (non-hydrogen) atoms. The molecule has 1 N–H and O–H groups in total. The number of carbonyl (C=O) groups is 1. The fourth-order valence-electron chi connectivity index (χ4n) is 2.33. The van der Waals surface area contributed by atoms with Gasteiger partial charge in [0.25, 0.3) is 0 Å². The molecular weight excluding hydrogens is 336 g/mol. The van der Waals surface area contributed by atoms with Gasteiger partial charge in [0.15, 0.2) is 0 Å². The van der Waals surface area contributed by atoms with Gasteiger partial charge in [-0.2, -0.15) is 0 Å². The summed E-state index contributed by atoms with van der Waals surface area (Å²) in [6.07, 6.45) is 7.54. The van der Waals surface area contributed by atoms with E-state index in [2.05, 4.69) is 10.3 Å². The molecule has 6 heteroatoms. The highest BCUT2D eigenvalue weighted by molar-refractivity contribution is 7.64. The molecule has 0 fully saturated rings. The number of ether oxygens (including phenoxy) is 1. The fourth-order valence-corrected chi connectivity index (χ4v) is 2.59. The molecule has 5 nitrogen and oxygen atoms in total. The van der Waals surface area contributed by atoms with Gasteiger partial charge in [-0.3, -0.25) is 9.78 Å². The zero-order chi connectivity index (χ0) is 17.7. The third-order valence-electron chi connectivity index (χ3n) is 3.59. The van der Waals surface area contributed by atoms with Crippen LogP contribution >= 0.6 is 0 Å². The standard InChI is InChI=1S/C14H17NO3S.C5H5N/c16-14-7-4-11-10-12(5-6-13(11)15-14)18-8-2-1-3-9-19-17;1-2-4-6-5-3-1/h5-6,9-10H,1-4,7-8H2,(H,15,16);1-5H. The number of unbranched alkanes of at least 4 members (excludes halogenated alkanes) is 2. The van der Waals surface area contributed by atoms with E-state index in [1.807, 2.05) is 36.4 Å². The van der Waals surface area contributed by atoms with Crippen molar-refractivity contribution >= 4 is 28.2 Å². The number of hydrogen-bond donors (Lipinski definition) is 1. The van der Waals surface area contributed by atoms with Gasteiger partial charge >= 0.3 is 0 Å². The Morgan fingerprint density at radius 2 is 2.00 bits per heavy atom. The first kappa shape index (κ1) is 18.9. The lowest BCUT2D eigenvalue weighted by molar-refractivity contribution is -0.116. The molecule has 0 spiro atoms. The fraction of sp³-hybridized carbons (Fsp3) is 0.316. The normalized spacial score (nSPS) is 12.1. The summed E-state index contributed by atoms with van der Waals surface area (Å²) in [5, 5.41) is 4.52. The molecule has 1 aliphatic heterocycles. The van der Waals surface area contributed by atoms with Crippen molar-refractivity contribution in [2.24, 2.45) is 0 Å². The minimum absolute atomic E-state index is 0.0775. The van der Waals surface area contributed by atoms with Crippen LogP contribution in [0.5, 0.6) is 5.75 Å². The highest BCUT2D eigenvalue weighted by Crippen LogP contribution is 2.26. The summed E-state index contributed by atoms with van der Waals surface area (Å²) >= 11 is 0.521. The maximum atomic E-state index is 11.2. The van der Waals surface area contributed by atoms with Crippen LogP contribution in [0.15, 0.2) is 48.8 Å². The van der Waals surface area contributed by atoms with E-state index >= 15 is 0 Å². The first-order chi connectivity index (χ1) is 12.3. The van der Waals surface area contributed by atoms with E-state index in [9.17, 15) is 9.00 Å². The van der Waals surface area contributed by atoms with Crippen LogP contribution in [0.3, 0.4) is 0 Å². The van der Waals surface area contributed by atoms with E-state index < -0.39 is 0 Å². The number of rotatable bonds is 6. The van der Waals surface area contributed by atoms with Crippen LogP contribution < -0.4 is 10.1 Å². The van der Waals surface area contributed by atoms with Crippen LogP contribution in [0.25, 0.3) is 0 Å². The third kappa shape index (κ3) is 7.30. The average molecular weight is 358 g/mol. The first-order valence-electron chi connectivity index (χ1n) is 8.30. The molecule has 3 rings (SSSR count). The van der Waals surface area contributed by atoms with Gasteiger partial charge in [-0.25, -0.2) is 4.21 Å². The Balaban J connectivity index is 0.000000316. The number of fused-ring (bicyclic) bond motifs is 1. The lowest BCUT2D eigenvalue weighted by Crippen LogP contribution is -2.18. The molecule has 2 heterocycles. The predicted octanol–water partition coefficient (Wildman–Crippen LogP) is 3.22. The minimum Gasteiger partial charge on any atom is -0.494 e. The van der Waals surface area contributed by atoms with Crippen molar-refractivity contribution in [3.63, 3.8) is 0 Å². The maximum absolute atomic E-state index is 11.2. The van der Waals surface area contributed by atoms with Crippen molar-refractivity contribution in [2.45, 2.75) is 32.1 Å². The summed E-state index contributed by atoms with van der Waals surface area (Å²) < 4.78 is 15.8. The molecule has 1 aromatic heterocycles. The number of aryl methyl sites for hydroxylation is 1. The molecule has 0 atom stereocenters. The Morgan fingerprint density at radius 3 is 2.68 bits per heavy atom. The number of pyridine rings is 1. The van der Waals surface area contributed by atoms with Crippen LogP contribution in [-0.2, 0) is 22.5 Å². The number of anilines is 1. The molecule has 0 saturated carbocycles. The number of nitrogens with one attached hydrogen (secondary N) is 1. The van der Waals surface area contributed by atoms with Crippen molar-refractivity contribution in [3.05, 3.63) is 54.4 Å². The molecule has 132 valence electrons. The summed E-state index contributed by atoms with van der Waals surface area (Å²) in [7, 11) is 0. The monoisotopic (exact) mass is 358 g/mol. The number of benzene rings is 1. The van der Waals surface area contributed by atoms with Crippen molar-refractivity contribution in [3.8, 4) is 5.75 Å². The molecule has 0 bridgehead atoms. The highest BCUT2D eigenvalue weighted by atomic mass is 32.1. The topological polar surface area (TPSA) is 68.3 Å². The van der Waals surface area contributed by atoms with Crippen molar-refractivity contribution < 1.29 is 13.7 Å². The van der Waals surface area contributed by atoms with Gasteiger partial charge in [-0.1, -0.05) is 6.07 Å². The zero-order valence-corrected chi connectivity index (χ0v) is 14.8. The molecule has 2 aromatic rings. The molecule has 1 amide bonds. The smallest absolute Gasteiger partial charge is 0.224 e. The summed E-state index contributed by atoms with van der Waals surface area (Å²) in [5.41, 5.74) is 2.03. The van der Waals surface area contributed by atoms with Gasteiger partial charge in [-0.05, 0) is 61.6 Å². The Hall–Kier alpha value is -2.47. The lowest BCUT2D eigenvalue weighted by atomic mass is 10.0. The third-order valence-corrected chi connectivity index (χ3v) is 3.96. The molecule has 0 unspecified atom stereocenters. The summed E-state index contributed by atoms with van der Waals surface area (Å²) in [5.74, 6) is 0.922. The SMILES string of the molecule is O=S=CCCCCOc1ccc2c(c1)CCC(=O)N2.c1ccncc1. The van der Waals surface area contributed by atoms with E-state index in [4.69, 9.17) is 4.74 Å². The van der Waals surface area contributed by atoms with Crippen molar-refractivity contribution in [1.82, 2.24) is 4.98 Å². The first-order valence-corrected chi connectivity index (χ1v) is 9.11. The molecule has 1 aromatic carbocycles. The number of amides is 1. The molecule has 0 radical (unpaired) electrons. The van der Waals surface area contributed by atoms with E-state index in [0.29, 0.717) is 24.3 Å². The van der Waals surface area contributed by atoms with Crippen LogP contribution in [0.1, 0.15) is 31.2 Å². The largest absolute Gasteiger partial charge is 0.494 e. The Kier molecular flexibility index (Phi) is 8.41. The van der Waals surface area contributed by atoms with Gasteiger partial charge in [-0.15, -0.1) is 0 Å². The van der Waals surface area contributed by atoms with E-state index in [1.165, 1.54) is 0 Å². The van der Waals surface area contributed by atoms with Crippen molar-refractivity contribution in [1.29, 1.82) is 0 Å². The number of hydrogen-bond acceptors (Lipinski definition) is 4. The molecule has 0 aliphatic carbocycles. The quantitative estimate of drug-likeness (QED) is 0.636. The van der Waals surface area contributed by atoms with Gasteiger partial charge < -0.3 is 10.1 Å². The Labute approximate surface area is 151 Å². The van der Waals surface area contributed by atoms with Gasteiger partial charge in [0.05, 0.1) is 17.9 Å². The summed E-state index contributed by atoms with van der Waals surface area (Å²) in [6.45, 7) is 0.655. The zero-order valence-electron chi connectivity index (χ0n) is 14.0.